The van der Waals surface area contributed by atoms with E-state index in [1.807, 2.05) is 0 Å². The highest BCUT2D eigenvalue weighted by Crippen LogP contribution is 2.51. The first-order chi connectivity index (χ1) is 7.71. The van der Waals surface area contributed by atoms with Gasteiger partial charge in [0, 0.05) is 12.8 Å². The predicted molar refractivity (Wildman–Crippen MR) is 52.7 cm³/mol. The molecular formula is C11H16O5. The number of hydrogen-bond donors (Lipinski definition) is 0. The maximum atomic E-state index is 11.7. The van der Waals surface area contributed by atoms with Crippen molar-refractivity contribution in [3.05, 3.63) is 0 Å². The zero-order valence-electron chi connectivity index (χ0n) is 9.36. The van der Waals surface area contributed by atoms with Crippen molar-refractivity contribution in [1.29, 1.82) is 0 Å². The Kier molecular flexibility index (Phi) is 2.24. The van der Waals surface area contributed by atoms with E-state index < -0.39 is 11.4 Å². The highest BCUT2D eigenvalue weighted by molar-refractivity contribution is 5.83. The first kappa shape index (κ1) is 10.5. The van der Waals surface area contributed by atoms with E-state index in [0.717, 1.165) is 12.8 Å². The van der Waals surface area contributed by atoms with Gasteiger partial charge in [0.1, 0.15) is 6.10 Å². The Hall–Kier alpha value is -0.650. The molecule has 0 aromatic carbocycles. The standard InChI is InChI=1S/C11H16O5/c1-13-9(12)11-4-2-3-10(7-8(11)16-11)14-5-6-15-10/h8H,2-7H2,1H3/t8-,11+/m0/s1. The Morgan fingerprint density at radius 3 is 2.75 bits per heavy atom. The van der Waals surface area contributed by atoms with Crippen molar-refractivity contribution < 1.29 is 23.7 Å². The lowest BCUT2D eigenvalue weighted by Gasteiger charge is -2.25. The minimum Gasteiger partial charge on any atom is -0.467 e. The highest BCUT2D eigenvalue weighted by atomic mass is 16.7. The molecule has 16 heavy (non-hydrogen) atoms. The van der Waals surface area contributed by atoms with Gasteiger partial charge in [-0.25, -0.2) is 4.79 Å². The van der Waals surface area contributed by atoms with Crippen LogP contribution in [-0.4, -0.2) is 43.8 Å². The van der Waals surface area contributed by atoms with E-state index in [-0.39, 0.29) is 12.1 Å². The van der Waals surface area contributed by atoms with Gasteiger partial charge in [-0.05, 0) is 12.8 Å². The third kappa shape index (κ3) is 1.38. The van der Waals surface area contributed by atoms with Gasteiger partial charge in [-0.3, -0.25) is 0 Å². The fraction of sp³-hybridized carbons (Fsp3) is 0.909. The summed E-state index contributed by atoms with van der Waals surface area (Å²) in [5.41, 5.74) is -0.701. The second-order valence-corrected chi connectivity index (χ2v) is 4.65. The number of carbonyl (C=O) groups excluding carboxylic acids is 1. The molecule has 0 N–H and O–H groups in total. The van der Waals surface area contributed by atoms with E-state index in [0.29, 0.717) is 26.1 Å². The van der Waals surface area contributed by atoms with Crippen molar-refractivity contribution in [2.24, 2.45) is 0 Å². The topological polar surface area (TPSA) is 57.3 Å². The largest absolute Gasteiger partial charge is 0.467 e. The Labute approximate surface area is 94.0 Å². The number of ether oxygens (including phenoxy) is 4. The SMILES string of the molecule is COC(=O)[C@@]12CCCC3(C[C@@H]1O2)OCCO3. The summed E-state index contributed by atoms with van der Waals surface area (Å²) in [5, 5.41) is 0. The summed E-state index contributed by atoms with van der Waals surface area (Å²) in [7, 11) is 1.40. The van der Waals surface area contributed by atoms with Crippen LogP contribution in [0.25, 0.3) is 0 Å². The third-order valence-corrected chi connectivity index (χ3v) is 3.76. The highest BCUT2D eigenvalue weighted by Gasteiger charge is 2.67. The maximum absolute atomic E-state index is 11.7. The summed E-state index contributed by atoms with van der Waals surface area (Å²) in [6, 6.07) is 0. The first-order valence-electron chi connectivity index (χ1n) is 5.75. The van der Waals surface area contributed by atoms with E-state index >= 15 is 0 Å². The molecule has 2 aliphatic heterocycles. The van der Waals surface area contributed by atoms with Crippen LogP contribution in [0, 0.1) is 0 Å². The molecule has 0 radical (unpaired) electrons. The van der Waals surface area contributed by atoms with Crippen molar-refractivity contribution >= 4 is 5.97 Å². The van der Waals surface area contributed by atoms with E-state index in [1.165, 1.54) is 7.11 Å². The molecule has 1 saturated carbocycles. The van der Waals surface area contributed by atoms with E-state index in [4.69, 9.17) is 18.9 Å². The number of rotatable bonds is 1. The van der Waals surface area contributed by atoms with Crippen molar-refractivity contribution in [3.63, 3.8) is 0 Å². The Morgan fingerprint density at radius 2 is 2.06 bits per heavy atom. The minimum absolute atomic E-state index is 0.0967. The van der Waals surface area contributed by atoms with Crippen LogP contribution in [0.3, 0.4) is 0 Å². The molecule has 0 bridgehead atoms. The lowest BCUT2D eigenvalue weighted by molar-refractivity contribution is -0.169. The zero-order valence-corrected chi connectivity index (χ0v) is 9.36. The number of epoxide rings is 1. The molecule has 1 spiro atoms. The molecule has 2 atom stereocenters. The van der Waals surface area contributed by atoms with E-state index in [9.17, 15) is 4.79 Å². The fourth-order valence-corrected chi connectivity index (χ4v) is 2.86. The predicted octanol–water partition coefficient (Wildman–Crippen LogP) is 0.614. The molecule has 1 aliphatic carbocycles. The van der Waals surface area contributed by atoms with Crippen molar-refractivity contribution in [2.75, 3.05) is 20.3 Å². The summed E-state index contributed by atoms with van der Waals surface area (Å²) in [6.07, 6.45) is 2.96. The van der Waals surface area contributed by atoms with Gasteiger partial charge in [-0.2, -0.15) is 0 Å². The maximum Gasteiger partial charge on any atom is 0.340 e. The lowest BCUT2D eigenvalue weighted by Crippen LogP contribution is -2.32. The van der Waals surface area contributed by atoms with Crippen LogP contribution in [0.2, 0.25) is 0 Å². The molecule has 3 rings (SSSR count). The molecule has 0 amide bonds. The van der Waals surface area contributed by atoms with Gasteiger partial charge in [0.2, 0.25) is 0 Å². The van der Waals surface area contributed by atoms with Crippen LogP contribution in [-0.2, 0) is 23.7 Å². The molecule has 0 unspecified atom stereocenters. The molecule has 5 nitrogen and oxygen atoms in total. The van der Waals surface area contributed by atoms with Crippen molar-refractivity contribution in [3.8, 4) is 0 Å². The average Bonchev–Trinajstić information content (AvgIpc) is 2.78. The van der Waals surface area contributed by atoms with E-state index in [2.05, 4.69) is 0 Å². The summed E-state index contributed by atoms with van der Waals surface area (Å²) in [5.74, 6) is -0.760. The second kappa shape index (κ2) is 3.42. The van der Waals surface area contributed by atoms with E-state index in [1.54, 1.807) is 0 Å². The fourth-order valence-electron chi connectivity index (χ4n) is 2.86. The van der Waals surface area contributed by atoms with Crippen molar-refractivity contribution in [1.82, 2.24) is 0 Å². The molecule has 3 aliphatic rings. The number of carbonyl (C=O) groups is 1. The zero-order chi connectivity index (χ0) is 11.2. The van der Waals surface area contributed by atoms with Gasteiger partial charge in [-0.1, -0.05) is 0 Å². The van der Waals surface area contributed by atoms with Gasteiger partial charge in [0.15, 0.2) is 11.4 Å². The number of esters is 1. The van der Waals surface area contributed by atoms with Gasteiger partial charge in [-0.15, -0.1) is 0 Å². The Balaban J connectivity index is 1.76. The van der Waals surface area contributed by atoms with Gasteiger partial charge < -0.3 is 18.9 Å². The van der Waals surface area contributed by atoms with Crippen LogP contribution >= 0.6 is 0 Å². The minimum atomic E-state index is -0.701. The van der Waals surface area contributed by atoms with Gasteiger partial charge >= 0.3 is 5.97 Å². The Morgan fingerprint density at radius 1 is 1.31 bits per heavy atom. The van der Waals surface area contributed by atoms with Crippen LogP contribution in [0.1, 0.15) is 25.7 Å². The molecule has 2 heterocycles. The molecule has 5 heteroatoms. The average molecular weight is 228 g/mol. The summed E-state index contributed by atoms with van der Waals surface area (Å²) in [4.78, 5) is 11.7. The third-order valence-electron chi connectivity index (χ3n) is 3.76. The number of methoxy groups -OCH3 is 1. The van der Waals surface area contributed by atoms with Gasteiger partial charge in [0.25, 0.3) is 0 Å². The molecule has 0 aromatic heterocycles. The van der Waals surface area contributed by atoms with Crippen LogP contribution in [0.4, 0.5) is 0 Å². The molecule has 90 valence electrons. The van der Waals surface area contributed by atoms with Gasteiger partial charge in [0.05, 0.1) is 20.3 Å². The summed E-state index contributed by atoms with van der Waals surface area (Å²) in [6.45, 7) is 1.27. The Bertz CT molecular complexity index is 309. The molecule has 2 saturated heterocycles. The lowest BCUT2D eigenvalue weighted by atomic mass is 10.0. The summed E-state index contributed by atoms with van der Waals surface area (Å²) >= 11 is 0. The van der Waals surface area contributed by atoms with Crippen LogP contribution in [0.5, 0.6) is 0 Å². The molecule has 3 fully saturated rings. The van der Waals surface area contributed by atoms with Crippen LogP contribution in [0.15, 0.2) is 0 Å². The number of fused-ring (bicyclic) bond motifs is 1. The second-order valence-electron chi connectivity index (χ2n) is 4.65. The van der Waals surface area contributed by atoms with Crippen molar-refractivity contribution in [2.45, 2.75) is 43.2 Å². The smallest absolute Gasteiger partial charge is 0.340 e. The number of hydrogen-bond acceptors (Lipinski definition) is 5. The molecule has 0 aromatic rings. The van der Waals surface area contributed by atoms with Crippen LogP contribution < -0.4 is 0 Å². The monoisotopic (exact) mass is 228 g/mol. The molecular weight excluding hydrogens is 212 g/mol. The quantitative estimate of drug-likeness (QED) is 0.486. The summed E-state index contributed by atoms with van der Waals surface area (Å²) < 4.78 is 21.7. The first-order valence-corrected chi connectivity index (χ1v) is 5.75. The normalized spacial score (nSPS) is 40.2.